The Labute approximate surface area is 180 Å². The third-order valence-electron chi connectivity index (χ3n) is 7.89. The van der Waals surface area contributed by atoms with E-state index in [2.05, 4.69) is 13.0 Å². The number of phosphoric ester groups is 1. The number of likely N-dealkylation sites (N-methyl/N-ethyl adjacent to an activating group) is 1. The number of hydrogen-bond acceptors (Lipinski definition) is 4. The number of phosphoric acid groups is 1. The normalized spacial score (nSPS) is 35.1. The number of rotatable bonds is 6. The molecule has 0 aromatic heterocycles. The Morgan fingerprint density at radius 1 is 1.20 bits per heavy atom. The summed E-state index contributed by atoms with van der Waals surface area (Å²) >= 11 is 0. The molecule has 2 N–H and O–H groups in total. The number of aryl methyl sites for hydroxylation is 1. The topological polar surface area (TPSA) is 76.0 Å². The van der Waals surface area contributed by atoms with E-state index in [1.54, 1.807) is 0 Å². The summed E-state index contributed by atoms with van der Waals surface area (Å²) in [5.41, 5.74) is 2.66. The fraction of sp³-hybridized carbons (Fsp3) is 0.739. The molecule has 168 valence electrons. The Morgan fingerprint density at radius 3 is 2.70 bits per heavy atom. The second-order valence-corrected chi connectivity index (χ2v) is 12.2. The van der Waals surface area contributed by atoms with Gasteiger partial charge < -0.3 is 14.1 Å². The molecule has 1 unspecified atom stereocenters. The zero-order valence-electron chi connectivity index (χ0n) is 18.7. The lowest BCUT2D eigenvalue weighted by molar-refractivity contribution is -0.870. The van der Waals surface area contributed by atoms with Crippen molar-refractivity contribution in [2.75, 3.05) is 34.3 Å². The molecule has 0 bridgehead atoms. The highest BCUT2D eigenvalue weighted by atomic mass is 31.2. The van der Waals surface area contributed by atoms with Crippen LogP contribution in [0.2, 0.25) is 0 Å². The van der Waals surface area contributed by atoms with Gasteiger partial charge in [-0.25, -0.2) is 4.57 Å². The minimum Gasteiger partial charge on any atom is -0.404 e. The van der Waals surface area contributed by atoms with Gasteiger partial charge in [0.05, 0.1) is 27.2 Å². The van der Waals surface area contributed by atoms with E-state index in [-0.39, 0.29) is 18.1 Å². The van der Waals surface area contributed by atoms with Gasteiger partial charge in [-0.05, 0) is 85.0 Å². The molecule has 0 amide bonds. The van der Waals surface area contributed by atoms with Crippen LogP contribution in [0.15, 0.2) is 18.2 Å². The van der Waals surface area contributed by atoms with Crippen LogP contribution in [0.25, 0.3) is 0 Å². The molecule has 3 aliphatic carbocycles. The number of quaternary nitrogens is 1. The molecule has 4 rings (SSSR count). The maximum absolute atomic E-state index is 12.3. The van der Waals surface area contributed by atoms with Crippen molar-refractivity contribution in [3.63, 3.8) is 0 Å². The van der Waals surface area contributed by atoms with E-state index in [4.69, 9.17) is 9.05 Å². The quantitative estimate of drug-likeness (QED) is 0.517. The summed E-state index contributed by atoms with van der Waals surface area (Å²) in [7, 11) is 1.88. The van der Waals surface area contributed by atoms with Crippen molar-refractivity contribution in [2.45, 2.75) is 57.5 Å². The van der Waals surface area contributed by atoms with Crippen LogP contribution < -0.4 is 4.52 Å². The minimum atomic E-state index is -4.13. The number of fused-ring (bicyclic) bond motifs is 5. The highest BCUT2D eigenvalue weighted by Crippen LogP contribution is 2.61. The second-order valence-electron chi connectivity index (χ2n) is 10.8. The van der Waals surface area contributed by atoms with Crippen molar-refractivity contribution in [3.05, 3.63) is 29.3 Å². The van der Waals surface area contributed by atoms with Crippen molar-refractivity contribution < 1.29 is 28.1 Å². The average Bonchev–Trinajstić information content (AvgIpc) is 2.94. The predicted octanol–water partition coefficient (Wildman–Crippen LogP) is 4.11. The van der Waals surface area contributed by atoms with Gasteiger partial charge in [-0.3, -0.25) is 9.42 Å². The first-order valence-corrected chi connectivity index (χ1v) is 12.8. The third-order valence-corrected chi connectivity index (χ3v) is 8.84. The molecule has 0 aliphatic heterocycles. The Kier molecular flexibility index (Phi) is 5.87. The standard InChI is InChI=1S/C23H36NO5P/c1-23-12-11-19-18-8-6-17(29-30(26,27)28-14-13-24(2,3)4)15-16(18)5-7-20(19)21(23)9-10-22(23)25/h6,8,15,19-22,25H,5,7,9-14H2,1-4H3/p+1/t19-,20-,21+,22+,23+/m1/s1. The molecule has 2 saturated carbocycles. The number of benzene rings is 1. The molecular formula is C23H37NO5P+. The maximum Gasteiger partial charge on any atom is 0.527 e. The van der Waals surface area contributed by atoms with Gasteiger partial charge >= 0.3 is 7.82 Å². The largest absolute Gasteiger partial charge is 0.527 e. The van der Waals surface area contributed by atoms with Crippen LogP contribution in [-0.4, -0.2) is 54.9 Å². The summed E-state index contributed by atoms with van der Waals surface area (Å²) in [5, 5.41) is 10.5. The summed E-state index contributed by atoms with van der Waals surface area (Å²) in [6.07, 6.45) is 6.16. The third kappa shape index (κ3) is 4.35. The first-order chi connectivity index (χ1) is 14.0. The molecule has 30 heavy (non-hydrogen) atoms. The van der Waals surface area contributed by atoms with Crippen molar-refractivity contribution in [3.8, 4) is 5.75 Å². The fourth-order valence-corrected chi connectivity index (χ4v) is 6.92. The van der Waals surface area contributed by atoms with Crippen LogP contribution in [0.3, 0.4) is 0 Å². The summed E-state index contributed by atoms with van der Waals surface area (Å²) < 4.78 is 23.5. The molecule has 6 nitrogen and oxygen atoms in total. The van der Waals surface area contributed by atoms with E-state index in [1.165, 1.54) is 11.1 Å². The molecule has 2 fully saturated rings. The molecule has 0 saturated heterocycles. The minimum absolute atomic E-state index is 0.0777. The fourth-order valence-electron chi connectivity index (χ4n) is 6.18. The van der Waals surface area contributed by atoms with E-state index in [0.717, 1.165) is 38.5 Å². The Bertz CT molecular complexity index is 837. The maximum atomic E-state index is 12.3. The van der Waals surface area contributed by atoms with E-state index >= 15 is 0 Å². The highest BCUT2D eigenvalue weighted by molar-refractivity contribution is 7.47. The van der Waals surface area contributed by atoms with Crippen molar-refractivity contribution in [1.82, 2.24) is 0 Å². The first kappa shape index (κ1) is 22.3. The molecular weight excluding hydrogens is 401 g/mol. The Balaban J connectivity index is 1.45. The summed E-state index contributed by atoms with van der Waals surface area (Å²) in [4.78, 5) is 10.1. The van der Waals surface area contributed by atoms with Gasteiger partial charge in [0.2, 0.25) is 0 Å². The van der Waals surface area contributed by atoms with Crippen LogP contribution in [-0.2, 0) is 15.5 Å². The SMILES string of the molecule is C[C@]12CC[C@@H]3c4ccc(OP(=O)(O)OCC[N+](C)(C)C)cc4CC[C@H]3[C@@H]1CC[C@@H]2O. The molecule has 1 aromatic rings. The Morgan fingerprint density at radius 2 is 1.97 bits per heavy atom. The second kappa shape index (κ2) is 7.90. The van der Waals surface area contributed by atoms with E-state index < -0.39 is 7.82 Å². The molecule has 0 heterocycles. The zero-order chi connectivity index (χ0) is 21.7. The van der Waals surface area contributed by atoms with Crippen LogP contribution in [0.4, 0.5) is 0 Å². The van der Waals surface area contributed by atoms with Crippen molar-refractivity contribution in [1.29, 1.82) is 0 Å². The molecule has 0 radical (unpaired) electrons. The highest BCUT2D eigenvalue weighted by Gasteiger charge is 2.54. The van der Waals surface area contributed by atoms with Gasteiger partial charge in [0.1, 0.15) is 18.9 Å². The molecule has 3 aliphatic rings. The molecule has 0 spiro atoms. The van der Waals surface area contributed by atoms with Gasteiger partial charge in [0, 0.05) is 0 Å². The summed E-state index contributed by atoms with van der Waals surface area (Å²) in [6.45, 7) is 3.07. The summed E-state index contributed by atoms with van der Waals surface area (Å²) in [6, 6.07) is 5.82. The number of aliphatic hydroxyl groups is 1. The van der Waals surface area contributed by atoms with E-state index in [0.29, 0.717) is 34.5 Å². The monoisotopic (exact) mass is 438 g/mol. The van der Waals surface area contributed by atoms with Crippen molar-refractivity contribution in [2.24, 2.45) is 17.3 Å². The molecule has 7 heteroatoms. The van der Waals surface area contributed by atoms with Crippen LogP contribution >= 0.6 is 7.82 Å². The van der Waals surface area contributed by atoms with Crippen LogP contribution in [0.5, 0.6) is 5.75 Å². The van der Waals surface area contributed by atoms with Gasteiger partial charge in [-0.2, -0.15) is 0 Å². The molecule has 6 atom stereocenters. The number of hydrogen-bond donors (Lipinski definition) is 2. The lowest BCUT2D eigenvalue weighted by Gasteiger charge is -2.50. The number of aliphatic hydroxyl groups excluding tert-OH is 1. The number of nitrogens with zero attached hydrogens (tertiary/aromatic N) is 1. The lowest BCUT2D eigenvalue weighted by Crippen LogP contribution is -2.43. The smallest absolute Gasteiger partial charge is 0.404 e. The van der Waals surface area contributed by atoms with Gasteiger partial charge in [0.25, 0.3) is 0 Å². The van der Waals surface area contributed by atoms with Crippen molar-refractivity contribution >= 4 is 7.82 Å². The zero-order valence-corrected chi connectivity index (χ0v) is 19.6. The molecule has 1 aromatic carbocycles. The van der Waals surface area contributed by atoms with E-state index in [9.17, 15) is 14.6 Å². The van der Waals surface area contributed by atoms with Gasteiger partial charge in [-0.15, -0.1) is 0 Å². The van der Waals surface area contributed by atoms with Crippen LogP contribution in [0, 0.1) is 17.3 Å². The van der Waals surface area contributed by atoms with Gasteiger partial charge in [-0.1, -0.05) is 13.0 Å². The lowest BCUT2D eigenvalue weighted by atomic mass is 9.55. The van der Waals surface area contributed by atoms with E-state index in [1.807, 2.05) is 33.3 Å². The Hall–Kier alpha value is -0.910. The predicted molar refractivity (Wildman–Crippen MR) is 116 cm³/mol. The summed E-state index contributed by atoms with van der Waals surface area (Å²) in [5.74, 6) is 2.15. The van der Waals surface area contributed by atoms with Gasteiger partial charge in [0.15, 0.2) is 0 Å². The van der Waals surface area contributed by atoms with Crippen LogP contribution in [0.1, 0.15) is 56.1 Å². The first-order valence-electron chi connectivity index (χ1n) is 11.3. The average molecular weight is 439 g/mol.